The fourth-order valence-corrected chi connectivity index (χ4v) is 2.51. The Labute approximate surface area is 105 Å². The first-order chi connectivity index (χ1) is 7.85. The largest absolute Gasteiger partial charge is 0.479 e. The van der Waals surface area contributed by atoms with Gasteiger partial charge >= 0.3 is 5.97 Å². The molecule has 0 spiro atoms. The fourth-order valence-electron chi connectivity index (χ4n) is 2.51. The number of carbonyl (C=O) groups is 1. The third-order valence-corrected chi connectivity index (χ3v) is 4.20. The van der Waals surface area contributed by atoms with Crippen LogP contribution in [0.2, 0.25) is 0 Å². The lowest BCUT2D eigenvalue weighted by molar-refractivity contribution is -0.197. The molecule has 1 aliphatic carbocycles. The molecule has 0 saturated heterocycles. The van der Waals surface area contributed by atoms with Gasteiger partial charge in [-0.2, -0.15) is 0 Å². The van der Waals surface area contributed by atoms with Gasteiger partial charge in [-0.15, -0.1) is 0 Å². The highest BCUT2D eigenvalue weighted by atomic mass is 16.5. The van der Waals surface area contributed by atoms with Gasteiger partial charge in [0.25, 0.3) is 0 Å². The maximum absolute atomic E-state index is 11.5. The molecule has 0 bridgehead atoms. The Bertz CT molecular complexity index is 263. The van der Waals surface area contributed by atoms with Crippen LogP contribution in [0, 0.1) is 5.92 Å². The summed E-state index contributed by atoms with van der Waals surface area (Å²) in [7, 11) is 0. The minimum atomic E-state index is -0.939. The molecular formula is C14H26O3. The van der Waals surface area contributed by atoms with Crippen molar-refractivity contribution in [3.63, 3.8) is 0 Å². The monoisotopic (exact) mass is 242 g/mol. The minimum Gasteiger partial charge on any atom is -0.479 e. The Morgan fingerprint density at radius 2 is 1.88 bits per heavy atom. The van der Waals surface area contributed by atoms with Crippen LogP contribution >= 0.6 is 0 Å². The molecule has 0 aliphatic heterocycles. The van der Waals surface area contributed by atoms with Gasteiger partial charge in [0.15, 0.2) is 5.60 Å². The molecule has 1 fully saturated rings. The second-order valence-corrected chi connectivity index (χ2v) is 5.87. The first-order valence-electron chi connectivity index (χ1n) is 6.79. The molecule has 100 valence electrons. The van der Waals surface area contributed by atoms with Crippen molar-refractivity contribution in [2.24, 2.45) is 5.92 Å². The number of carboxylic acid groups (broad SMARTS) is 1. The van der Waals surface area contributed by atoms with Crippen molar-refractivity contribution in [1.82, 2.24) is 0 Å². The zero-order valence-electron chi connectivity index (χ0n) is 11.6. The van der Waals surface area contributed by atoms with E-state index in [1.54, 1.807) is 0 Å². The standard InChI is InChI=1S/C14H26O3/c1-5-11-7-9-14(10-8-11,12(15)16)17-13(3,4)6-2/h11H,5-10H2,1-4H3,(H,15,16). The molecule has 0 aromatic rings. The van der Waals surface area contributed by atoms with Crippen molar-refractivity contribution in [1.29, 1.82) is 0 Å². The quantitative estimate of drug-likeness (QED) is 0.801. The Hall–Kier alpha value is -0.570. The highest BCUT2D eigenvalue weighted by Gasteiger charge is 2.45. The van der Waals surface area contributed by atoms with E-state index in [1.807, 2.05) is 20.8 Å². The maximum Gasteiger partial charge on any atom is 0.335 e. The van der Waals surface area contributed by atoms with Crippen molar-refractivity contribution in [3.8, 4) is 0 Å². The lowest BCUT2D eigenvalue weighted by Crippen LogP contribution is -2.49. The first kappa shape index (κ1) is 14.5. The van der Waals surface area contributed by atoms with E-state index in [9.17, 15) is 9.90 Å². The van der Waals surface area contributed by atoms with Gasteiger partial charge in [-0.1, -0.05) is 20.3 Å². The summed E-state index contributed by atoms with van der Waals surface area (Å²) in [4.78, 5) is 11.5. The van der Waals surface area contributed by atoms with E-state index in [-0.39, 0.29) is 5.60 Å². The number of hydrogen-bond acceptors (Lipinski definition) is 2. The maximum atomic E-state index is 11.5. The molecule has 0 unspecified atom stereocenters. The molecule has 0 amide bonds. The Kier molecular flexibility index (Phi) is 4.59. The average molecular weight is 242 g/mol. The van der Waals surface area contributed by atoms with Crippen LogP contribution in [-0.4, -0.2) is 22.3 Å². The van der Waals surface area contributed by atoms with Crippen LogP contribution in [0.3, 0.4) is 0 Å². The van der Waals surface area contributed by atoms with Crippen LogP contribution in [-0.2, 0) is 9.53 Å². The van der Waals surface area contributed by atoms with Gasteiger partial charge < -0.3 is 9.84 Å². The van der Waals surface area contributed by atoms with E-state index < -0.39 is 11.6 Å². The summed E-state index contributed by atoms with van der Waals surface area (Å²) in [6, 6.07) is 0. The van der Waals surface area contributed by atoms with E-state index in [0.29, 0.717) is 18.8 Å². The molecule has 3 nitrogen and oxygen atoms in total. The second kappa shape index (κ2) is 5.38. The van der Waals surface area contributed by atoms with Gasteiger partial charge in [0.2, 0.25) is 0 Å². The van der Waals surface area contributed by atoms with Crippen LogP contribution in [0.4, 0.5) is 0 Å². The lowest BCUT2D eigenvalue weighted by atomic mass is 9.77. The average Bonchev–Trinajstić information content (AvgIpc) is 2.29. The molecular weight excluding hydrogens is 216 g/mol. The summed E-state index contributed by atoms with van der Waals surface area (Å²) < 4.78 is 5.97. The molecule has 0 atom stereocenters. The zero-order chi connectivity index (χ0) is 13.1. The van der Waals surface area contributed by atoms with Gasteiger partial charge in [0.1, 0.15) is 0 Å². The van der Waals surface area contributed by atoms with Crippen molar-refractivity contribution in [2.75, 3.05) is 0 Å². The van der Waals surface area contributed by atoms with E-state index in [0.717, 1.165) is 25.7 Å². The van der Waals surface area contributed by atoms with Crippen LogP contribution in [0.5, 0.6) is 0 Å². The molecule has 0 radical (unpaired) electrons. The summed E-state index contributed by atoms with van der Waals surface area (Å²) in [6.45, 7) is 8.16. The smallest absolute Gasteiger partial charge is 0.335 e. The molecule has 1 rings (SSSR count). The Morgan fingerprint density at radius 1 is 1.35 bits per heavy atom. The normalized spacial score (nSPS) is 30.2. The van der Waals surface area contributed by atoms with Crippen molar-refractivity contribution >= 4 is 5.97 Å². The molecule has 0 heterocycles. The van der Waals surface area contributed by atoms with Gasteiger partial charge in [0.05, 0.1) is 5.60 Å². The second-order valence-electron chi connectivity index (χ2n) is 5.87. The number of ether oxygens (including phenoxy) is 1. The van der Waals surface area contributed by atoms with Crippen LogP contribution in [0.15, 0.2) is 0 Å². The zero-order valence-corrected chi connectivity index (χ0v) is 11.6. The molecule has 0 aromatic heterocycles. The number of rotatable bonds is 5. The predicted molar refractivity (Wildman–Crippen MR) is 68.1 cm³/mol. The van der Waals surface area contributed by atoms with Gasteiger partial charge in [-0.25, -0.2) is 4.79 Å². The highest BCUT2D eigenvalue weighted by Crippen LogP contribution is 2.39. The Balaban J connectivity index is 2.75. The molecule has 1 N–H and O–H groups in total. The highest BCUT2D eigenvalue weighted by molar-refractivity contribution is 5.77. The minimum absolute atomic E-state index is 0.350. The topological polar surface area (TPSA) is 46.5 Å². The summed E-state index contributed by atoms with van der Waals surface area (Å²) >= 11 is 0. The summed E-state index contributed by atoms with van der Waals surface area (Å²) in [5.74, 6) is -0.107. The van der Waals surface area contributed by atoms with Gasteiger partial charge in [-0.05, 0) is 51.9 Å². The van der Waals surface area contributed by atoms with Crippen molar-refractivity contribution in [3.05, 3.63) is 0 Å². The van der Waals surface area contributed by atoms with E-state index >= 15 is 0 Å². The first-order valence-corrected chi connectivity index (χ1v) is 6.79. The number of aliphatic carboxylic acids is 1. The fraction of sp³-hybridized carbons (Fsp3) is 0.929. The van der Waals surface area contributed by atoms with Gasteiger partial charge in [-0.3, -0.25) is 0 Å². The summed E-state index contributed by atoms with van der Waals surface area (Å²) in [6.07, 6.45) is 5.24. The number of carboxylic acids is 1. The SMILES string of the molecule is CCC1CCC(OC(C)(C)CC)(C(=O)O)CC1. The third kappa shape index (κ3) is 3.44. The van der Waals surface area contributed by atoms with Crippen molar-refractivity contribution in [2.45, 2.75) is 77.4 Å². The molecule has 0 aromatic carbocycles. The van der Waals surface area contributed by atoms with Crippen LogP contribution < -0.4 is 0 Å². The van der Waals surface area contributed by atoms with E-state index in [4.69, 9.17) is 4.74 Å². The van der Waals surface area contributed by atoms with Gasteiger partial charge in [0, 0.05) is 0 Å². The Morgan fingerprint density at radius 3 is 2.24 bits per heavy atom. The summed E-state index contributed by atoms with van der Waals surface area (Å²) in [5, 5.41) is 9.48. The van der Waals surface area contributed by atoms with Crippen molar-refractivity contribution < 1.29 is 14.6 Å². The summed E-state index contributed by atoms with van der Waals surface area (Å²) in [5.41, 5.74) is -1.29. The van der Waals surface area contributed by atoms with Crippen LogP contribution in [0.25, 0.3) is 0 Å². The molecule has 1 aliphatic rings. The van der Waals surface area contributed by atoms with Crippen LogP contribution in [0.1, 0.15) is 66.2 Å². The van der Waals surface area contributed by atoms with E-state index in [2.05, 4.69) is 6.92 Å². The predicted octanol–water partition coefficient (Wildman–Crippen LogP) is 3.62. The molecule has 3 heteroatoms. The number of hydrogen-bond donors (Lipinski definition) is 1. The lowest BCUT2D eigenvalue weighted by Gasteiger charge is -2.41. The third-order valence-electron chi connectivity index (χ3n) is 4.20. The van der Waals surface area contributed by atoms with E-state index in [1.165, 1.54) is 0 Å². The molecule has 17 heavy (non-hydrogen) atoms. The molecule has 1 saturated carbocycles.